The minimum Gasteiger partial charge on any atom is -0.314 e. The van der Waals surface area contributed by atoms with Gasteiger partial charge in [-0.1, -0.05) is 38.1 Å². The second kappa shape index (κ2) is 6.18. The van der Waals surface area contributed by atoms with Gasteiger partial charge in [0.05, 0.1) is 0 Å². The summed E-state index contributed by atoms with van der Waals surface area (Å²) in [6, 6.07) is 9.46. The van der Waals surface area contributed by atoms with Gasteiger partial charge in [-0.3, -0.25) is 4.90 Å². The third kappa shape index (κ3) is 3.83. The highest BCUT2D eigenvalue weighted by molar-refractivity contribution is 5.28. The molecule has 2 nitrogen and oxygen atoms in total. The van der Waals surface area contributed by atoms with Crippen molar-refractivity contribution in [3.05, 3.63) is 35.4 Å². The highest BCUT2D eigenvalue weighted by Crippen LogP contribution is 2.18. The van der Waals surface area contributed by atoms with Crippen molar-refractivity contribution in [2.75, 3.05) is 19.6 Å². The van der Waals surface area contributed by atoms with E-state index in [0.29, 0.717) is 6.04 Å². The number of nitrogens with zero attached hydrogens (tertiary/aromatic N) is 1. The maximum absolute atomic E-state index is 3.48. The Hall–Kier alpha value is -0.860. The molecule has 1 aliphatic heterocycles. The lowest BCUT2D eigenvalue weighted by Crippen LogP contribution is -2.33. The summed E-state index contributed by atoms with van der Waals surface area (Å²) in [4.78, 5) is 2.57. The summed E-state index contributed by atoms with van der Waals surface area (Å²) in [6.45, 7) is 9.12. The Kier molecular flexibility index (Phi) is 4.57. The van der Waals surface area contributed by atoms with Crippen LogP contribution in [0.5, 0.6) is 0 Å². The molecule has 94 valence electrons. The zero-order valence-electron chi connectivity index (χ0n) is 11.1. The molecule has 0 aromatic heterocycles. The van der Waals surface area contributed by atoms with E-state index >= 15 is 0 Å². The number of nitrogens with one attached hydrogen (secondary N) is 1. The predicted octanol–water partition coefficient (Wildman–Crippen LogP) is 2.43. The van der Waals surface area contributed by atoms with Gasteiger partial charge in [-0.05, 0) is 37.1 Å². The van der Waals surface area contributed by atoms with E-state index in [1.165, 1.54) is 31.5 Å². The van der Waals surface area contributed by atoms with Gasteiger partial charge in [-0.25, -0.2) is 0 Å². The topological polar surface area (TPSA) is 15.3 Å². The molecule has 0 radical (unpaired) electrons. The van der Waals surface area contributed by atoms with Gasteiger partial charge in [0.15, 0.2) is 0 Å². The Labute approximate surface area is 105 Å². The van der Waals surface area contributed by atoms with Crippen molar-refractivity contribution in [2.24, 2.45) is 0 Å². The fourth-order valence-electron chi connectivity index (χ4n) is 2.44. The standard InChI is InChI=1S/C15H24N2/c1-13(2)16-9-5-10-17-11-8-14-6-3-4-7-15(14)12-17/h3-4,6-7,13,16H,5,8-12H2,1-2H3. The smallest absolute Gasteiger partial charge is 0.0236 e. The number of hydrogen-bond acceptors (Lipinski definition) is 2. The van der Waals surface area contributed by atoms with Gasteiger partial charge in [0.25, 0.3) is 0 Å². The average Bonchev–Trinajstić information content (AvgIpc) is 2.34. The van der Waals surface area contributed by atoms with Crippen LogP contribution in [-0.4, -0.2) is 30.6 Å². The molecule has 2 heteroatoms. The van der Waals surface area contributed by atoms with Gasteiger partial charge < -0.3 is 5.32 Å². The maximum atomic E-state index is 3.48. The number of rotatable bonds is 5. The first-order chi connectivity index (χ1) is 8.25. The zero-order valence-corrected chi connectivity index (χ0v) is 11.1. The normalized spacial score (nSPS) is 16.2. The molecule has 0 atom stereocenters. The van der Waals surface area contributed by atoms with E-state index in [1.54, 1.807) is 5.56 Å². The molecule has 0 aliphatic carbocycles. The van der Waals surface area contributed by atoms with Crippen LogP contribution in [0.25, 0.3) is 0 Å². The SMILES string of the molecule is CC(C)NCCCN1CCc2ccccc2C1. The van der Waals surface area contributed by atoms with E-state index in [1.807, 2.05) is 0 Å². The second-order valence-corrected chi connectivity index (χ2v) is 5.26. The van der Waals surface area contributed by atoms with Crippen molar-refractivity contribution >= 4 is 0 Å². The van der Waals surface area contributed by atoms with Crippen LogP contribution in [-0.2, 0) is 13.0 Å². The molecule has 0 bridgehead atoms. The van der Waals surface area contributed by atoms with Crippen molar-refractivity contribution in [3.8, 4) is 0 Å². The largest absolute Gasteiger partial charge is 0.314 e. The molecule has 0 amide bonds. The van der Waals surface area contributed by atoms with Gasteiger partial charge in [-0.15, -0.1) is 0 Å². The van der Waals surface area contributed by atoms with Gasteiger partial charge in [0.1, 0.15) is 0 Å². The van der Waals surface area contributed by atoms with E-state index in [2.05, 4.69) is 48.3 Å². The Bertz CT molecular complexity index is 347. The minimum absolute atomic E-state index is 0.608. The first-order valence-corrected chi connectivity index (χ1v) is 6.78. The lowest BCUT2D eigenvalue weighted by Gasteiger charge is -2.28. The summed E-state index contributed by atoms with van der Waals surface area (Å²) < 4.78 is 0. The van der Waals surface area contributed by atoms with E-state index in [0.717, 1.165) is 13.1 Å². The van der Waals surface area contributed by atoms with Crippen LogP contribution < -0.4 is 5.32 Å². The fraction of sp³-hybridized carbons (Fsp3) is 0.600. The molecule has 1 aliphatic rings. The molecule has 1 aromatic rings. The van der Waals surface area contributed by atoms with Gasteiger partial charge >= 0.3 is 0 Å². The highest BCUT2D eigenvalue weighted by atomic mass is 15.1. The molecule has 2 rings (SSSR count). The third-order valence-corrected chi connectivity index (χ3v) is 3.41. The first-order valence-electron chi connectivity index (χ1n) is 6.78. The van der Waals surface area contributed by atoms with Crippen LogP contribution in [0.15, 0.2) is 24.3 Å². The van der Waals surface area contributed by atoms with Crippen molar-refractivity contribution in [2.45, 2.75) is 39.3 Å². The van der Waals surface area contributed by atoms with Crippen molar-refractivity contribution in [1.82, 2.24) is 10.2 Å². The lowest BCUT2D eigenvalue weighted by atomic mass is 10.00. The Morgan fingerprint density at radius 1 is 1.24 bits per heavy atom. The molecular formula is C15H24N2. The summed E-state index contributed by atoms with van der Waals surface area (Å²) in [5.74, 6) is 0. The predicted molar refractivity (Wildman–Crippen MR) is 73.2 cm³/mol. The van der Waals surface area contributed by atoms with E-state index in [-0.39, 0.29) is 0 Å². The summed E-state index contributed by atoms with van der Waals surface area (Å²) >= 11 is 0. The van der Waals surface area contributed by atoms with Gasteiger partial charge in [0, 0.05) is 19.1 Å². The van der Waals surface area contributed by atoms with Crippen LogP contribution in [0.4, 0.5) is 0 Å². The quantitative estimate of drug-likeness (QED) is 0.784. The Balaban J connectivity index is 1.75. The molecule has 1 aromatic carbocycles. The average molecular weight is 232 g/mol. The lowest BCUT2D eigenvalue weighted by molar-refractivity contribution is 0.249. The monoisotopic (exact) mass is 232 g/mol. The first kappa shape index (κ1) is 12.6. The fourth-order valence-corrected chi connectivity index (χ4v) is 2.44. The summed E-state index contributed by atoms with van der Waals surface area (Å²) in [7, 11) is 0. The molecule has 17 heavy (non-hydrogen) atoms. The molecular weight excluding hydrogens is 208 g/mol. The molecule has 0 fully saturated rings. The number of hydrogen-bond donors (Lipinski definition) is 1. The van der Waals surface area contributed by atoms with Crippen LogP contribution >= 0.6 is 0 Å². The summed E-state index contributed by atoms with van der Waals surface area (Å²) in [5, 5.41) is 3.48. The van der Waals surface area contributed by atoms with Crippen LogP contribution in [0.2, 0.25) is 0 Å². The van der Waals surface area contributed by atoms with E-state index in [4.69, 9.17) is 0 Å². The van der Waals surface area contributed by atoms with Gasteiger partial charge in [0.2, 0.25) is 0 Å². The summed E-state index contributed by atoms with van der Waals surface area (Å²) in [6.07, 6.45) is 2.47. The highest BCUT2D eigenvalue weighted by Gasteiger charge is 2.14. The third-order valence-electron chi connectivity index (χ3n) is 3.41. The maximum Gasteiger partial charge on any atom is 0.0236 e. The van der Waals surface area contributed by atoms with Crippen molar-refractivity contribution in [1.29, 1.82) is 0 Å². The minimum atomic E-state index is 0.608. The molecule has 1 N–H and O–H groups in total. The van der Waals surface area contributed by atoms with Crippen LogP contribution in [0, 0.1) is 0 Å². The molecule has 0 spiro atoms. The molecule has 0 saturated heterocycles. The van der Waals surface area contributed by atoms with Crippen molar-refractivity contribution < 1.29 is 0 Å². The van der Waals surface area contributed by atoms with Crippen molar-refractivity contribution in [3.63, 3.8) is 0 Å². The number of benzene rings is 1. The Morgan fingerprint density at radius 3 is 2.76 bits per heavy atom. The molecule has 0 saturated carbocycles. The van der Waals surface area contributed by atoms with Crippen LogP contribution in [0.1, 0.15) is 31.4 Å². The van der Waals surface area contributed by atoms with Gasteiger partial charge in [-0.2, -0.15) is 0 Å². The number of fused-ring (bicyclic) bond motifs is 1. The van der Waals surface area contributed by atoms with Crippen LogP contribution in [0.3, 0.4) is 0 Å². The molecule has 1 heterocycles. The van der Waals surface area contributed by atoms with E-state index < -0.39 is 0 Å². The second-order valence-electron chi connectivity index (χ2n) is 5.26. The Morgan fingerprint density at radius 2 is 2.00 bits per heavy atom. The zero-order chi connectivity index (χ0) is 12.1. The van der Waals surface area contributed by atoms with E-state index in [9.17, 15) is 0 Å². The summed E-state index contributed by atoms with van der Waals surface area (Å²) in [5.41, 5.74) is 3.07. The molecule has 0 unspecified atom stereocenters.